The molecule has 6 nitrogen and oxygen atoms in total. The van der Waals surface area contributed by atoms with Crippen LogP contribution in [0.2, 0.25) is 0 Å². The fraction of sp³-hybridized carbons (Fsp3) is 0.833. The largest absolute Gasteiger partial charge is 0.361 e. The van der Waals surface area contributed by atoms with E-state index in [9.17, 15) is 9.59 Å². The van der Waals surface area contributed by atoms with Crippen LogP contribution < -0.4 is 16.1 Å². The van der Waals surface area contributed by atoms with Gasteiger partial charge >= 0.3 is 6.03 Å². The highest BCUT2D eigenvalue weighted by atomic mass is 32.1. The van der Waals surface area contributed by atoms with E-state index < -0.39 is 11.6 Å². The van der Waals surface area contributed by atoms with Crippen molar-refractivity contribution in [2.24, 2.45) is 11.8 Å². The molecule has 1 saturated heterocycles. The first-order chi connectivity index (χ1) is 11.9. The van der Waals surface area contributed by atoms with E-state index in [2.05, 4.69) is 36.8 Å². The van der Waals surface area contributed by atoms with Gasteiger partial charge in [0.25, 0.3) is 5.91 Å². The maximum atomic E-state index is 12.8. The van der Waals surface area contributed by atoms with E-state index in [4.69, 9.17) is 12.2 Å². The molecule has 0 aromatic rings. The number of nitrogens with one attached hydrogen (secondary N) is 3. The van der Waals surface area contributed by atoms with Gasteiger partial charge in [0, 0.05) is 6.54 Å². The smallest absolute Gasteiger partial charge is 0.344 e. The third-order valence-electron chi connectivity index (χ3n) is 5.60. The summed E-state index contributed by atoms with van der Waals surface area (Å²) >= 11 is 5.29. The van der Waals surface area contributed by atoms with Crippen molar-refractivity contribution < 1.29 is 9.59 Å². The molecule has 1 atom stereocenters. The zero-order chi connectivity index (χ0) is 18.4. The number of thiocarbonyl (C=S) groups is 1. The van der Waals surface area contributed by atoms with Gasteiger partial charge in [-0.2, -0.15) is 5.01 Å². The van der Waals surface area contributed by atoms with Crippen molar-refractivity contribution in [2.45, 2.75) is 77.7 Å². The average Bonchev–Trinajstić information content (AvgIpc) is 2.82. The van der Waals surface area contributed by atoms with Crippen LogP contribution in [0.1, 0.15) is 72.1 Å². The summed E-state index contributed by atoms with van der Waals surface area (Å²) < 4.78 is 0. The number of amides is 3. The molecule has 0 radical (unpaired) electrons. The van der Waals surface area contributed by atoms with Gasteiger partial charge in [-0.3, -0.25) is 10.2 Å². The van der Waals surface area contributed by atoms with Crippen molar-refractivity contribution in [1.82, 2.24) is 21.1 Å². The molecule has 0 aromatic heterocycles. The standard InChI is InChI=1S/C18H32N4O2S/c1-4-6-7-14(5-2)12-19-16(25)21-22-15(23)18(20-17(22)24)10-8-13(3)9-11-18/h13-14H,4-12H2,1-3H3,(H,20,24)(H2,19,21,25)/t13?,14-,18?/m0/s1. The van der Waals surface area contributed by atoms with Gasteiger partial charge in [-0.25, -0.2) is 4.79 Å². The van der Waals surface area contributed by atoms with Gasteiger partial charge in [0.2, 0.25) is 0 Å². The van der Waals surface area contributed by atoms with Crippen LogP contribution in [0.15, 0.2) is 0 Å². The van der Waals surface area contributed by atoms with Crippen LogP contribution in [0.25, 0.3) is 0 Å². The quantitative estimate of drug-likeness (QED) is 0.476. The van der Waals surface area contributed by atoms with E-state index in [0.717, 1.165) is 37.2 Å². The Labute approximate surface area is 156 Å². The van der Waals surface area contributed by atoms with E-state index in [-0.39, 0.29) is 5.91 Å². The molecule has 0 aromatic carbocycles. The summed E-state index contributed by atoms with van der Waals surface area (Å²) in [7, 11) is 0. The Morgan fingerprint density at radius 2 is 2.04 bits per heavy atom. The third-order valence-corrected chi connectivity index (χ3v) is 5.83. The molecule has 2 aliphatic rings. The highest BCUT2D eigenvalue weighted by Gasteiger charge is 2.52. The molecule has 3 amide bonds. The lowest BCUT2D eigenvalue weighted by molar-refractivity contribution is -0.133. The van der Waals surface area contributed by atoms with Crippen LogP contribution in [-0.2, 0) is 4.79 Å². The Bertz CT molecular complexity index is 503. The van der Waals surface area contributed by atoms with E-state index in [0.29, 0.717) is 29.8 Å². The van der Waals surface area contributed by atoms with E-state index in [1.807, 2.05) is 0 Å². The number of carbonyl (C=O) groups excluding carboxylic acids is 2. The summed E-state index contributed by atoms with van der Waals surface area (Å²) in [4.78, 5) is 25.0. The van der Waals surface area contributed by atoms with Crippen LogP contribution in [0.3, 0.4) is 0 Å². The van der Waals surface area contributed by atoms with Gasteiger partial charge in [-0.15, -0.1) is 0 Å². The van der Waals surface area contributed by atoms with Gasteiger partial charge in [0.15, 0.2) is 5.11 Å². The maximum absolute atomic E-state index is 12.8. The molecule has 0 bridgehead atoms. The predicted octanol–water partition coefficient (Wildman–Crippen LogP) is 3.08. The Balaban J connectivity index is 1.86. The molecule has 7 heteroatoms. The minimum Gasteiger partial charge on any atom is -0.361 e. The molecular formula is C18H32N4O2S. The second-order valence-electron chi connectivity index (χ2n) is 7.57. The predicted molar refractivity (Wildman–Crippen MR) is 103 cm³/mol. The minimum absolute atomic E-state index is 0.202. The number of hydrogen-bond donors (Lipinski definition) is 3. The molecule has 0 unspecified atom stereocenters. The van der Waals surface area contributed by atoms with Gasteiger partial charge in [0.05, 0.1) is 0 Å². The molecule has 3 N–H and O–H groups in total. The van der Waals surface area contributed by atoms with Gasteiger partial charge in [0.1, 0.15) is 5.54 Å². The van der Waals surface area contributed by atoms with Crippen LogP contribution in [0, 0.1) is 11.8 Å². The molecule has 142 valence electrons. The summed E-state index contributed by atoms with van der Waals surface area (Å²) in [6.45, 7) is 7.30. The number of nitrogens with zero attached hydrogens (tertiary/aromatic N) is 1. The van der Waals surface area contributed by atoms with Crippen LogP contribution in [0.5, 0.6) is 0 Å². The van der Waals surface area contributed by atoms with Gasteiger partial charge in [-0.05, 0) is 56.2 Å². The van der Waals surface area contributed by atoms with Crippen molar-refractivity contribution in [1.29, 1.82) is 0 Å². The van der Waals surface area contributed by atoms with Crippen LogP contribution >= 0.6 is 12.2 Å². The molecule has 1 heterocycles. The minimum atomic E-state index is -0.737. The topological polar surface area (TPSA) is 73.5 Å². The summed E-state index contributed by atoms with van der Waals surface area (Å²) in [6, 6.07) is -0.401. The van der Waals surface area contributed by atoms with Crippen molar-refractivity contribution in [3.05, 3.63) is 0 Å². The number of imide groups is 1. The molecule has 1 saturated carbocycles. The second kappa shape index (κ2) is 8.83. The summed E-state index contributed by atoms with van der Waals surface area (Å²) in [5.41, 5.74) is 2.05. The molecule has 1 aliphatic carbocycles. The lowest BCUT2D eigenvalue weighted by atomic mass is 9.77. The summed E-state index contributed by atoms with van der Waals surface area (Å²) in [6.07, 6.45) is 7.94. The van der Waals surface area contributed by atoms with Crippen molar-refractivity contribution in [2.75, 3.05) is 6.54 Å². The molecule has 1 spiro atoms. The first-order valence-electron chi connectivity index (χ1n) is 9.63. The molecule has 1 aliphatic heterocycles. The zero-order valence-electron chi connectivity index (χ0n) is 15.7. The number of hydrogen-bond acceptors (Lipinski definition) is 3. The number of hydrazine groups is 1. The number of unbranched alkanes of at least 4 members (excludes halogenated alkanes) is 1. The Hall–Kier alpha value is -1.37. The monoisotopic (exact) mass is 368 g/mol. The molecular weight excluding hydrogens is 336 g/mol. The maximum Gasteiger partial charge on any atom is 0.344 e. The van der Waals surface area contributed by atoms with Crippen molar-refractivity contribution >= 4 is 29.3 Å². The highest BCUT2D eigenvalue weighted by molar-refractivity contribution is 7.80. The first-order valence-corrected chi connectivity index (χ1v) is 10.0. The average molecular weight is 369 g/mol. The van der Waals surface area contributed by atoms with E-state index in [1.165, 1.54) is 12.8 Å². The second-order valence-corrected chi connectivity index (χ2v) is 7.98. The lowest BCUT2D eigenvalue weighted by Gasteiger charge is -2.33. The number of carbonyl (C=O) groups is 2. The van der Waals surface area contributed by atoms with Crippen molar-refractivity contribution in [3.8, 4) is 0 Å². The zero-order valence-corrected chi connectivity index (χ0v) is 16.5. The number of urea groups is 1. The Kier molecular flexibility index (Phi) is 7.04. The fourth-order valence-corrected chi connectivity index (χ4v) is 3.81. The normalized spacial score (nSPS) is 27.3. The summed E-state index contributed by atoms with van der Waals surface area (Å²) in [5, 5.41) is 7.43. The highest BCUT2D eigenvalue weighted by Crippen LogP contribution is 2.35. The third kappa shape index (κ3) is 4.84. The Morgan fingerprint density at radius 1 is 1.36 bits per heavy atom. The van der Waals surface area contributed by atoms with Gasteiger partial charge in [-0.1, -0.05) is 40.0 Å². The fourth-order valence-electron chi connectivity index (χ4n) is 3.64. The van der Waals surface area contributed by atoms with E-state index in [1.54, 1.807) is 0 Å². The molecule has 25 heavy (non-hydrogen) atoms. The van der Waals surface area contributed by atoms with E-state index >= 15 is 0 Å². The molecule has 2 fully saturated rings. The Morgan fingerprint density at radius 3 is 2.64 bits per heavy atom. The first kappa shape index (κ1) is 19.9. The van der Waals surface area contributed by atoms with Crippen molar-refractivity contribution in [3.63, 3.8) is 0 Å². The number of rotatable bonds is 7. The summed E-state index contributed by atoms with van der Waals surface area (Å²) in [5.74, 6) is 0.953. The lowest BCUT2D eigenvalue weighted by Crippen LogP contribution is -2.53. The van der Waals surface area contributed by atoms with Crippen LogP contribution in [-0.4, -0.2) is 34.1 Å². The molecule has 2 rings (SSSR count). The van der Waals surface area contributed by atoms with Gasteiger partial charge < -0.3 is 10.6 Å². The SMILES string of the molecule is CCCC[C@H](CC)CNC(=S)NN1C(=O)NC2(CCC(C)CC2)C1=O. The van der Waals surface area contributed by atoms with Crippen LogP contribution in [0.4, 0.5) is 4.79 Å².